The summed E-state index contributed by atoms with van der Waals surface area (Å²) < 4.78 is 35.1. The molecule has 1 aliphatic heterocycles. The van der Waals surface area contributed by atoms with Gasteiger partial charge >= 0.3 is 0 Å². The molecule has 5 rings (SSSR count). The number of carbonyl (C=O) groups excluding carboxylic acids is 1. The second kappa shape index (κ2) is 13.0. The number of nitro groups is 1. The van der Waals surface area contributed by atoms with Crippen LogP contribution in [-0.2, 0) is 27.7 Å². The van der Waals surface area contributed by atoms with E-state index in [0.717, 1.165) is 20.9 Å². The standard InChI is InChI=1S/C30H25Cl2N3O6S2/c1-41-18-33-30(36)21-8-7-20-15-27(24-4-2-3-5-28(24)42-29(20)16-21)34(17-19-6-13-25(31)26(32)14-19)43(39,40)23-11-9-22(10-12-23)35(37)38/h2-14,16,27H,15,17-18H2,1H3,(H,33,36). The van der Waals surface area contributed by atoms with Crippen molar-refractivity contribution in [2.75, 3.05) is 13.8 Å². The molecule has 0 aromatic heterocycles. The van der Waals surface area contributed by atoms with Gasteiger partial charge in [0.25, 0.3) is 11.6 Å². The molecule has 0 fully saturated rings. The second-order valence-electron chi connectivity index (χ2n) is 9.67. The lowest BCUT2D eigenvalue weighted by molar-refractivity contribution is -0.384. The first kappa shape index (κ1) is 31.0. The molecule has 1 N–H and O–H groups in total. The summed E-state index contributed by atoms with van der Waals surface area (Å²) in [6.45, 7) is 0.0187. The zero-order valence-electron chi connectivity index (χ0n) is 22.7. The molecule has 1 unspecified atom stereocenters. The van der Waals surface area contributed by atoms with Gasteiger partial charge in [-0.3, -0.25) is 14.9 Å². The zero-order chi connectivity index (χ0) is 30.7. The summed E-state index contributed by atoms with van der Waals surface area (Å²) in [6.07, 6.45) is 0.298. The average Bonchev–Trinajstić information content (AvgIpc) is 3.16. The van der Waals surface area contributed by atoms with E-state index in [1.54, 1.807) is 30.3 Å². The molecule has 43 heavy (non-hydrogen) atoms. The van der Waals surface area contributed by atoms with E-state index < -0.39 is 21.0 Å². The number of sulfonamides is 1. The summed E-state index contributed by atoms with van der Waals surface area (Å²) in [6, 6.07) is 21.9. The Bertz CT molecular complexity index is 1800. The number of carbonyl (C=O) groups is 1. The first-order chi connectivity index (χ1) is 20.6. The van der Waals surface area contributed by atoms with Gasteiger partial charge in [-0.1, -0.05) is 65.3 Å². The third-order valence-electron chi connectivity index (χ3n) is 6.94. The lowest BCUT2D eigenvalue weighted by atomic mass is 9.97. The molecule has 0 saturated heterocycles. The van der Waals surface area contributed by atoms with Gasteiger partial charge < -0.3 is 10.1 Å². The predicted octanol–water partition coefficient (Wildman–Crippen LogP) is 6.87. The van der Waals surface area contributed by atoms with E-state index in [1.165, 1.54) is 47.4 Å². The minimum absolute atomic E-state index is 0.0489. The molecule has 0 radical (unpaired) electrons. The minimum atomic E-state index is -4.21. The van der Waals surface area contributed by atoms with Crippen molar-refractivity contribution >= 4 is 56.6 Å². The van der Waals surface area contributed by atoms with Gasteiger partial charge in [-0.15, -0.1) is 0 Å². The molecule has 13 heteroatoms. The van der Waals surface area contributed by atoms with E-state index >= 15 is 0 Å². The highest BCUT2D eigenvalue weighted by Gasteiger charge is 2.36. The van der Waals surface area contributed by atoms with Crippen LogP contribution in [0.5, 0.6) is 0 Å². The fourth-order valence-corrected chi connectivity index (χ4v) is 7.88. The first-order valence-corrected chi connectivity index (χ1v) is 16.0. The van der Waals surface area contributed by atoms with E-state index in [9.17, 15) is 23.3 Å². The van der Waals surface area contributed by atoms with Crippen LogP contribution in [0.3, 0.4) is 0 Å². The fraction of sp³-hybridized carbons (Fsp3) is 0.167. The number of nitro benzene ring substituents is 1. The monoisotopic (exact) mass is 657 g/mol. The van der Waals surface area contributed by atoms with Crippen molar-refractivity contribution < 1.29 is 22.9 Å². The number of ether oxygens (including phenoxy) is 1. The second-order valence-corrected chi connectivity index (χ2v) is 13.5. The third kappa shape index (κ3) is 6.72. The number of benzene rings is 4. The van der Waals surface area contributed by atoms with Crippen LogP contribution in [0, 0.1) is 10.1 Å². The largest absolute Gasteiger partial charge is 0.364 e. The van der Waals surface area contributed by atoms with Crippen molar-refractivity contribution in [2.45, 2.75) is 33.7 Å². The van der Waals surface area contributed by atoms with Crippen LogP contribution >= 0.6 is 35.0 Å². The summed E-state index contributed by atoms with van der Waals surface area (Å²) in [4.78, 5) is 24.9. The average molecular weight is 659 g/mol. The fourth-order valence-electron chi connectivity index (χ4n) is 4.80. The topological polar surface area (TPSA) is 119 Å². The van der Waals surface area contributed by atoms with Gasteiger partial charge in [-0.05, 0) is 65.6 Å². The lowest BCUT2D eigenvalue weighted by Gasteiger charge is -2.32. The third-order valence-corrected chi connectivity index (χ3v) is 10.7. The van der Waals surface area contributed by atoms with Crippen LogP contribution in [-0.4, -0.2) is 37.4 Å². The molecule has 222 valence electrons. The summed E-state index contributed by atoms with van der Waals surface area (Å²) in [7, 11) is -2.73. The van der Waals surface area contributed by atoms with Crippen molar-refractivity contribution in [1.82, 2.24) is 9.62 Å². The Hall–Kier alpha value is -3.45. The molecular weight excluding hydrogens is 633 g/mol. The van der Waals surface area contributed by atoms with Crippen molar-refractivity contribution in [3.8, 4) is 0 Å². The Morgan fingerprint density at radius 2 is 1.77 bits per heavy atom. The Balaban J connectivity index is 1.63. The van der Waals surface area contributed by atoms with E-state index in [0.29, 0.717) is 22.6 Å². The number of hydrogen-bond acceptors (Lipinski definition) is 7. The maximum atomic E-state index is 14.4. The molecule has 0 saturated carbocycles. The van der Waals surface area contributed by atoms with Crippen LogP contribution in [0.15, 0.2) is 99.6 Å². The molecule has 0 spiro atoms. The molecule has 1 heterocycles. The van der Waals surface area contributed by atoms with E-state index in [2.05, 4.69) is 5.32 Å². The van der Waals surface area contributed by atoms with Gasteiger partial charge in [0.15, 0.2) is 0 Å². The number of nitrogens with zero attached hydrogens (tertiary/aromatic N) is 2. The van der Waals surface area contributed by atoms with Gasteiger partial charge in [-0.2, -0.15) is 4.31 Å². The Kier molecular flexibility index (Phi) is 9.40. The van der Waals surface area contributed by atoms with Crippen LogP contribution in [0.1, 0.15) is 33.1 Å². The van der Waals surface area contributed by atoms with Crippen molar-refractivity contribution in [3.05, 3.63) is 127 Å². The normalized spacial score (nSPS) is 14.5. The van der Waals surface area contributed by atoms with Crippen molar-refractivity contribution in [1.29, 1.82) is 0 Å². The van der Waals surface area contributed by atoms with Gasteiger partial charge in [-0.25, -0.2) is 8.42 Å². The van der Waals surface area contributed by atoms with Crippen molar-refractivity contribution in [2.24, 2.45) is 0 Å². The first-order valence-electron chi connectivity index (χ1n) is 13.0. The highest BCUT2D eigenvalue weighted by molar-refractivity contribution is 7.99. The lowest BCUT2D eigenvalue weighted by Crippen LogP contribution is -2.35. The number of nitrogens with one attached hydrogen (secondary N) is 1. The summed E-state index contributed by atoms with van der Waals surface area (Å²) in [5.41, 5.74) is 2.47. The van der Waals surface area contributed by atoms with Crippen LogP contribution in [0.25, 0.3) is 0 Å². The number of rotatable bonds is 9. The quantitative estimate of drug-likeness (QED) is 0.118. The predicted molar refractivity (Wildman–Crippen MR) is 165 cm³/mol. The summed E-state index contributed by atoms with van der Waals surface area (Å²) in [5.74, 6) is -0.290. The highest BCUT2D eigenvalue weighted by Crippen LogP contribution is 2.45. The van der Waals surface area contributed by atoms with Gasteiger partial charge in [0.05, 0.1) is 25.9 Å². The van der Waals surface area contributed by atoms with Crippen LogP contribution < -0.4 is 5.32 Å². The SMILES string of the molecule is COCNC(=O)c1ccc2c(c1)Sc1ccccc1C(N(Cc1ccc(Cl)c(Cl)c1)S(=O)(=O)c1ccc([N+](=O)[O-])cc1)C2. The molecule has 4 aromatic rings. The van der Waals surface area contributed by atoms with E-state index in [-0.39, 0.29) is 34.8 Å². The number of amides is 1. The molecule has 0 bridgehead atoms. The minimum Gasteiger partial charge on any atom is -0.364 e. The molecular formula is C30H25Cl2N3O6S2. The van der Waals surface area contributed by atoms with Crippen LogP contribution in [0.2, 0.25) is 10.0 Å². The number of non-ortho nitro benzene ring substituents is 1. The number of fused-ring (bicyclic) bond motifs is 2. The summed E-state index contributed by atoms with van der Waals surface area (Å²) >= 11 is 13.9. The van der Waals surface area contributed by atoms with Crippen LogP contribution in [0.4, 0.5) is 5.69 Å². The number of methoxy groups -OCH3 is 1. The smallest absolute Gasteiger partial charge is 0.269 e. The maximum absolute atomic E-state index is 14.4. The molecule has 1 atom stereocenters. The zero-order valence-corrected chi connectivity index (χ0v) is 25.8. The van der Waals surface area contributed by atoms with Gasteiger partial charge in [0, 0.05) is 41.1 Å². The van der Waals surface area contributed by atoms with Gasteiger partial charge in [0.1, 0.15) is 6.73 Å². The molecule has 0 aliphatic carbocycles. The van der Waals surface area contributed by atoms with Crippen molar-refractivity contribution in [3.63, 3.8) is 0 Å². The maximum Gasteiger partial charge on any atom is 0.269 e. The molecule has 9 nitrogen and oxygen atoms in total. The molecule has 1 aliphatic rings. The number of halogens is 2. The Labute approximate surface area is 263 Å². The van der Waals surface area contributed by atoms with E-state index in [4.69, 9.17) is 27.9 Å². The van der Waals surface area contributed by atoms with Gasteiger partial charge in [0.2, 0.25) is 10.0 Å². The number of hydrogen-bond donors (Lipinski definition) is 1. The summed E-state index contributed by atoms with van der Waals surface area (Å²) in [5, 5.41) is 14.5. The Morgan fingerprint density at radius 1 is 1.02 bits per heavy atom. The molecule has 4 aromatic carbocycles. The molecule has 1 amide bonds. The highest BCUT2D eigenvalue weighted by atomic mass is 35.5. The Morgan fingerprint density at radius 3 is 2.47 bits per heavy atom. The van der Waals surface area contributed by atoms with E-state index in [1.807, 2.05) is 30.3 Å².